The number of nitrogen functional groups attached to an aromatic ring is 1. The Morgan fingerprint density at radius 1 is 1.20 bits per heavy atom. The normalized spacial score (nSPS) is 11.4. The minimum Gasteiger partial charge on any atom is -0.495 e. The van der Waals surface area contributed by atoms with Crippen LogP contribution in [-0.2, 0) is 20.2 Å². The van der Waals surface area contributed by atoms with Crippen molar-refractivity contribution in [3.63, 3.8) is 0 Å². The predicted molar refractivity (Wildman–Crippen MR) is 70.7 cm³/mol. The van der Waals surface area contributed by atoms with Crippen LogP contribution in [-0.4, -0.2) is 50.5 Å². The maximum absolute atomic E-state index is 11.5. The van der Waals surface area contributed by atoms with Gasteiger partial charge in [-0.05, 0) is 18.2 Å². The van der Waals surface area contributed by atoms with Crippen molar-refractivity contribution in [3.05, 3.63) is 18.2 Å². The number of aliphatic hydroxyl groups is 1. The molecule has 0 heterocycles. The van der Waals surface area contributed by atoms with Crippen molar-refractivity contribution in [1.82, 2.24) is 0 Å². The zero-order valence-electron chi connectivity index (χ0n) is 10.4. The van der Waals surface area contributed by atoms with Crippen LogP contribution in [0.25, 0.3) is 0 Å². The fourth-order valence-corrected chi connectivity index (χ4v) is 2.20. The van der Waals surface area contributed by atoms with E-state index in [9.17, 15) is 8.42 Å². The third kappa shape index (κ3) is 7.25. The third-order valence-corrected chi connectivity index (χ3v) is 3.61. The lowest BCUT2D eigenvalue weighted by molar-refractivity contribution is 0.319. The molecule has 11 heteroatoms. The van der Waals surface area contributed by atoms with Gasteiger partial charge in [0, 0.05) is 0 Å². The second-order valence-electron chi connectivity index (χ2n) is 3.39. The van der Waals surface area contributed by atoms with Gasteiger partial charge in [-0.25, -0.2) is 8.42 Å². The predicted octanol–water partition coefficient (Wildman–Crippen LogP) is -0.609. The van der Waals surface area contributed by atoms with Crippen molar-refractivity contribution in [2.75, 3.05) is 25.2 Å². The van der Waals surface area contributed by atoms with Crippen LogP contribution in [0.4, 0.5) is 5.69 Å². The van der Waals surface area contributed by atoms with Crippen LogP contribution in [0, 0.1) is 0 Å². The van der Waals surface area contributed by atoms with Crippen molar-refractivity contribution in [3.8, 4) is 5.75 Å². The molecule has 0 aromatic heterocycles. The minimum atomic E-state index is -4.67. The van der Waals surface area contributed by atoms with Crippen molar-refractivity contribution < 1.29 is 35.8 Å². The molecule has 0 aliphatic carbocycles. The molecular formula is C9H15NO8S2. The van der Waals surface area contributed by atoms with Crippen molar-refractivity contribution in [2.24, 2.45) is 0 Å². The van der Waals surface area contributed by atoms with E-state index < -0.39 is 26.8 Å². The van der Waals surface area contributed by atoms with Gasteiger partial charge >= 0.3 is 10.4 Å². The maximum atomic E-state index is 11.5. The molecule has 0 fully saturated rings. The first-order valence-corrected chi connectivity index (χ1v) is 8.03. The number of sulfone groups is 1. The molecule has 0 spiro atoms. The zero-order valence-corrected chi connectivity index (χ0v) is 12.1. The number of nitrogens with two attached hydrogens (primary N) is 1. The summed E-state index contributed by atoms with van der Waals surface area (Å²) in [6.07, 6.45) is 0. The standard InChI is InChI=1S/C9H13NO4S.H2O4S/c1-14-9-3-2-7(6-8(9)10)15(12,13)5-4-11;1-5(2,3)4/h2-3,6,11H,4-5,10H2,1H3;(H2,1,2,3,4). The molecular weight excluding hydrogens is 314 g/mol. The van der Waals surface area contributed by atoms with E-state index in [2.05, 4.69) is 0 Å². The largest absolute Gasteiger partial charge is 0.495 e. The Hall–Kier alpha value is -1.40. The van der Waals surface area contributed by atoms with Gasteiger partial charge in [0.1, 0.15) is 5.75 Å². The molecule has 5 N–H and O–H groups in total. The first kappa shape index (κ1) is 18.6. The highest BCUT2D eigenvalue weighted by atomic mass is 32.3. The van der Waals surface area contributed by atoms with Gasteiger partial charge in [-0.1, -0.05) is 0 Å². The molecule has 0 amide bonds. The lowest BCUT2D eigenvalue weighted by Gasteiger charge is -2.07. The Morgan fingerprint density at radius 2 is 1.70 bits per heavy atom. The monoisotopic (exact) mass is 329 g/mol. The van der Waals surface area contributed by atoms with E-state index in [0.717, 1.165) is 0 Å². The van der Waals surface area contributed by atoms with E-state index in [4.69, 9.17) is 33.1 Å². The number of hydrogen-bond acceptors (Lipinski definition) is 7. The third-order valence-electron chi connectivity index (χ3n) is 1.92. The quantitative estimate of drug-likeness (QED) is 0.416. The number of ether oxygens (including phenoxy) is 1. The minimum absolute atomic E-state index is 0.0925. The van der Waals surface area contributed by atoms with Gasteiger partial charge in [-0.2, -0.15) is 8.42 Å². The van der Waals surface area contributed by atoms with Crippen LogP contribution in [0.15, 0.2) is 23.1 Å². The van der Waals surface area contributed by atoms with Gasteiger partial charge < -0.3 is 15.6 Å². The molecule has 0 aliphatic rings. The summed E-state index contributed by atoms with van der Waals surface area (Å²) in [5.41, 5.74) is 5.83. The van der Waals surface area contributed by atoms with E-state index in [1.165, 1.54) is 25.3 Å². The lowest BCUT2D eigenvalue weighted by Crippen LogP contribution is -2.10. The van der Waals surface area contributed by atoms with E-state index in [-0.39, 0.29) is 16.3 Å². The van der Waals surface area contributed by atoms with E-state index in [0.29, 0.717) is 5.75 Å². The molecule has 1 aromatic carbocycles. The summed E-state index contributed by atoms with van der Waals surface area (Å²) in [6.45, 7) is -0.408. The van der Waals surface area contributed by atoms with Gasteiger partial charge in [0.2, 0.25) is 0 Å². The molecule has 0 atom stereocenters. The Morgan fingerprint density at radius 3 is 2.05 bits per heavy atom. The van der Waals surface area contributed by atoms with E-state index >= 15 is 0 Å². The highest BCUT2D eigenvalue weighted by Crippen LogP contribution is 2.24. The van der Waals surface area contributed by atoms with Crippen LogP contribution in [0.1, 0.15) is 0 Å². The molecule has 0 bridgehead atoms. The first-order valence-electron chi connectivity index (χ1n) is 4.98. The number of methoxy groups -OCH3 is 1. The lowest BCUT2D eigenvalue weighted by atomic mass is 10.3. The molecule has 0 saturated heterocycles. The summed E-state index contributed by atoms with van der Waals surface area (Å²) in [5.74, 6) is 0.122. The number of rotatable bonds is 4. The van der Waals surface area contributed by atoms with Gasteiger partial charge in [-0.15, -0.1) is 0 Å². The van der Waals surface area contributed by atoms with Crippen LogP contribution >= 0.6 is 0 Å². The zero-order chi connectivity index (χ0) is 16.0. The average molecular weight is 329 g/mol. The molecule has 1 rings (SSSR count). The van der Waals surface area contributed by atoms with Crippen LogP contribution in [0.2, 0.25) is 0 Å². The van der Waals surface area contributed by atoms with Crippen molar-refractivity contribution in [1.29, 1.82) is 0 Å². The van der Waals surface area contributed by atoms with Crippen molar-refractivity contribution in [2.45, 2.75) is 4.90 Å². The van der Waals surface area contributed by atoms with Crippen LogP contribution in [0.3, 0.4) is 0 Å². The summed E-state index contributed by atoms with van der Waals surface area (Å²) in [5, 5.41) is 8.60. The Labute approximate surface area is 116 Å². The van der Waals surface area contributed by atoms with Gasteiger partial charge in [-0.3, -0.25) is 9.11 Å². The van der Waals surface area contributed by atoms with Gasteiger partial charge in [0.25, 0.3) is 0 Å². The molecule has 116 valence electrons. The summed E-state index contributed by atoms with van der Waals surface area (Å²) >= 11 is 0. The number of hydrogen-bond donors (Lipinski definition) is 4. The fraction of sp³-hybridized carbons (Fsp3) is 0.333. The van der Waals surface area contributed by atoms with Crippen LogP contribution in [0.5, 0.6) is 5.75 Å². The Kier molecular flexibility index (Phi) is 6.88. The fourth-order valence-electron chi connectivity index (χ4n) is 1.14. The second-order valence-corrected chi connectivity index (χ2v) is 6.40. The molecule has 0 radical (unpaired) electrons. The van der Waals surface area contributed by atoms with Gasteiger partial charge in [0.15, 0.2) is 9.84 Å². The van der Waals surface area contributed by atoms with E-state index in [1.807, 2.05) is 0 Å². The Bertz CT molecular complexity index is 630. The first-order chi connectivity index (χ1) is 9.01. The second kappa shape index (κ2) is 7.40. The molecule has 0 aliphatic heterocycles. The van der Waals surface area contributed by atoms with E-state index in [1.54, 1.807) is 0 Å². The number of aliphatic hydroxyl groups excluding tert-OH is 1. The SMILES string of the molecule is COc1ccc(S(=O)(=O)CCO)cc1N.O=S(=O)(O)O. The summed E-state index contributed by atoms with van der Waals surface area (Å²) in [4.78, 5) is 0.0925. The molecule has 0 unspecified atom stereocenters. The highest BCUT2D eigenvalue weighted by Gasteiger charge is 2.14. The van der Waals surface area contributed by atoms with Gasteiger partial charge in [0.05, 0.1) is 30.1 Å². The van der Waals surface area contributed by atoms with Crippen molar-refractivity contribution >= 4 is 25.9 Å². The molecule has 9 nitrogen and oxygen atoms in total. The smallest absolute Gasteiger partial charge is 0.394 e. The number of anilines is 1. The van der Waals surface area contributed by atoms with Crippen LogP contribution < -0.4 is 10.5 Å². The summed E-state index contributed by atoms with van der Waals surface area (Å²) in [6, 6.07) is 4.21. The topological polar surface area (TPSA) is 164 Å². The maximum Gasteiger partial charge on any atom is 0.394 e. The summed E-state index contributed by atoms with van der Waals surface area (Å²) in [7, 11) is -6.66. The number of benzene rings is 1. The Balaban J connectivity index is 0.000000621. The molecule has 0 saturated carbocycles. The molecule has 20 heavy (non-hydrogen) atoms. The highest BCUT2D eigenvalue weighted by molar-refractivity contribution is 7.91. The average Bonchev–Trinajstić information content (AvgIpc) is 2.26. The summed E-state index contributed by atoms with van der Waals surface area (Å²) < 4.78 is 59.5. The molecule has 1 aromatic rings.